The fraction of sp³-hybridized carbons (Fsp3) is 0.227. The fourth-order valence-electron chi connectivity index (χ4n) is 3.49. The first kappa shape index (κ1) is 18.5. The first-order valence-corrected chi connectivity index (χ1v) is 9.99. The maximum absolute atomic E-state index is 12.7. The monoisotopic (exact) mass is 392 g/mol. The van der Waals surface area contributed by atoms with E-state index in [-0.39, 0.29) is 12.5 Å². The van der Waals surface area contributed by atoms with Gasteiger partial charge in [-0.15, -0.1) is 0 Å². The van der Waals surface area contributed by atoms with Gasteiger partial charge in [0.05, 0.1) is 4.91 Å². The van der Waals surface area contributed by atoms with Gasteiger partial charge in [0.1, 0.15) is 6.54 Å². The van der Waals surface area contributed by atoms with Gasteiger partial charge in [-0.2, -0.15) is 0 Å². The van der Waals surface area contributed by atoms with Crippen molar-refractivity contribution in [1.29, 1.82) is 0 Å². The lowest BCUT2D eigenvalue weighted by atomic mass is 10.00. The first-order chi connectivity index (χ1) is 13.5. The SMILES string of the molecule is Cc1cccc(C=C2SC(=O)N(CC(=O)N3CCc4ccccc4C3)C2=O)c1. The van der Waals surface area contributed by atoms with Crippen LogP contribution in [0.3, 0.4) is 0 Å². The molecular formula is C22H20N2O3S. The average molecular weight is 392 g/mol. The molecule has 0 radical (unpaired) electrons. The number of fused-ring (bicyclic) bond motifs is 1. The van der Waals surface area contributed by atoms with Crippen LogP contribution >= 0.6 is 11.8 Å². The van der Waals surface area contributed by atoms with Crippen LogP contribution in [-0.4, -0.2) is 39.9 Å². The van der Waals surface area contributed by atoms with Crippen molar-refractivity contribution in [3.05, 3.63) is 75.7 Å². The number of aryl methyl sites for hydroxylation is 1. The standard InChI is InChI=1S/C22H20N2O3S/c1-15-5-4-6-16(11-15)12-19-21(26)24(22(27)28-19)14-20(25)23-10-9-17-7-2-3-8-18(17)13-23/h2-8,11-12H,9-10,13-14H2,1H3. The molecule has 0 N–H and O–H groups in total. The van der Waals surface area contributed by atoms with Gasteiger partial charge in [-0.05, 0) is 47.9 Å². The third-order valence-corrected chi connectivity index (χ3v) is 5.90. The molecule has 1 saturated heterocycles. The Bertz CT molecular complexity index is 999. The summed E-state index contributed by atoms with van der Waals surface area (Å²) in [4.78, 5) is 40.8. The van der Waals surface area contributed by atoms with E-state index in [4.69, 9.17) is 0 Å². The molecule has 0 saturated carbocycles. The predicted octanol–water partition coefficient (Wildman–Crippen LogP) is 3.62. The summed E-state index contributed by atoms with van der Waals surface area (Å²) in [5.74, 6) is -0.601. The largest absolute Gasteiger partial charge is 0.336 e. The lowest BCUT2D eigenvalue weighted by Gasteiger charge is -2.29. The first-order valence-electron chi connectivity index (χ1n) is 9.18. The van der Waals surface area contributed by atoms with E-state index in [1.54, 1.807) is 11.0 Å². The molecule has 2 aromatic rings. The van der Waals surface area contributed by atoms with Gasteiger partial charge in [0.2, 0.25) is 5.91 Å². The van der Waals surface area contributed by atoms with Crippen molar-refractivity contribution < 1.29 is 14.4 Å². The van der Waals surface area contributed by atoms with Crippen LogP contribution in [0.2, 0.25) is 0 Å². The Kier molecular flexibility index (Phi) is 5.05. The molecule has 5 nitrogen and oxygen atoms in total. The number of rotatable bonds is 3. The molecule has 2 aliphatic heterocycles. The van der Waals surface area contributed by atoms with Crippen molar-refractivity contribution in [3.8, 4) is 0 Å². The minimum absolute atomic E-state index is 0.200. The van der Waals surface area contributed by atoms with E-state index in [1.807, 2.05) is 49.4 Å². The van der Waals surface area contributed by atoms with Gasteiger partial charge >= 0.3 is 0 Å². The Hall–Kier alpha value is -2.86. The van der Waals surface area contributed by atoms with Gasteiger partial charge in [0, 0.05) is 13.1 Å². The van der Waals surface area contributed by atoms with E-state index in [0.717, 1.165) is 39.8 Å². The second-order valence-corrected chi connectivity index (χ2v) is 8.01. The molecule has 2 aliphatic rings. The highest BCUT2D eigenvalue weighted by molar-refractivity contribution is 8.18. The van der Waals surface area contributed by atoms with E-state index in [0.29, 0.717) is 18.0 Å². The number of amides is 3. The van der Waals surface area contributed by atoms with Crippen molar-refractivity contribution >= 4 is 34.9 Å². The van der Waals surface area contributed by atoms with Crippen LogP contribution < -0.4 is 0 Å². The molecule has 142 valence electrons. The molecule has 6 heteroatoms. The molecule has 28 heavy (non-hydrogen) atoms. The summed E-state index contributed by atoms with van der Waals surface area (Å²) in [6.07, 6.45) is 2.50. The predicted molar refractivity (Wildman–Crippen MR) is 109 cm³/mol. The molecule has 2 heterocycles. The van der Waals surface area contributed by atoms with Crippen molar-refractivity contribution in [2.45, 2.75) is 19.9 Å². The summed E-state index contributed by atoms with van der Waals surface area (Å²) in [6, 6.07) is 15.8. The summed E-state index contributed by atoms with van der Waals surface area (Å²) in [5, 5.41) is -0.394. The molecule has 3 amide bonds. The highest BCUT2D eigenvalue weighted by Crippen LogP contribution is 2.32. The molecule has 0 atom stereocenters. The molecule has 0 aliphatic carbocycles. The molecule has 0 spiro atoms. The number of carbonyl (C=O) groups is 3. The second kappa shape index (κ2) is 7.64. The topological polar surface area (TPSA) is 57.7 Å². The Morgan fingerprint density at radius 3 is 2.68 bits per heavy atom. The third kappa shape index (κ3) is 3.73. The van der Waals surface area contributed by atoms with Gasteiger partial charge < -0.3 is 4.90 Å². The number of hydrogen-bond donors (Lipinski definition) is 0. The average Bonchev–Trinajstić information content (AvgIpc) is 2.95. The van der Waals surface area contributed by atoms with E-state index in [2.05, 4.69) is 6.07 Å². The third-order valence-electron chi connectivity index (χ3n) is 4.99. The number of thioether (sulfide) groups is 1. The summed E-state index contributed by atoms with van der Waals surface area (Å²) in [7, 11) is 0. The lowest BCUT2D eigenvalue weighted by Crippen LogP contribution is -2.44. The van der Waals surface area contributed by atoms with Crippen LogP contribution in [-0.2, 0) is 22.6 Å². The van der Waals surface area contributed by atoms with Crippen LogP contribution in [0.25, 0.3) is 6.08 Å². The van der Waals surface area contributed by atoms with Gasteiger partial charge in [0.15, 0.2) is 0 Å². The molecule has 4 rings (SSSR count). The Balaban J connectivity index is 1.46. The Labute approximate surface area is 168 Å². The zero-order valence-electron chi connectivity index (χ0n) is 15.6. The highest BCUT2D eigenvalue weighted by atomic mass is 32.2. The van der Waals surface area contributed by atoms with E-state index >= 15 is 0 Å². The zero-order chi connectivity index (χ0) is 19.7. The maximum Gasteiger partial charge on any atom is 0.294 e. The Morgan fingerprint density at radius 1 is 1.11 bits per heavy atom. The normalized spacial score (nSPS) is 18.0. The number of carbonyl (C=O) groups excluding carboxylic acids is 3. The van der Waals surface area contributed by atoms with Crippen molar-refractivity contribution in [2.75, 3.05) is 13.1 Å². The summed E-state index contributed by atoms with van der Waals surface area (Å²) in [6.45, 7) is 2.88. The summed E-state index contributed by atoms with van der Waals surface area (Å²) >= 11 is 0.887. The molecule has 0 unspecified atom stereocenters. The highest BCUT2D eigenvalue weighted by Gasteiger charge is 2.37. The quantitative estimate of drug-likeness (QED) is 0.749. The summed E-state index contributed by atoms with van der Waals surface area (Å²) in [5.41, 5.74) is 4.31. The van der Waals surface area contributed by atoms with Crippen LogP contribution in [0.5, 0.6) is 0 Å². The van der Waals surface area contributed by atoms with Crippen molar-refractivity contribution in [3.63, 3.8) is 0 Å². The minimum Gasteiger partial charge on any atom is -0.336 e. The molecule has 1 fully saturated rings. The lowest BCUT2D eigenvalue weighted by molar-refractivity contribution is -0.136. The molecule has 0 aromatic heterocycles. The van der Waals surface area contributed by atoms with Crippen LogP contribution in [0, 0.1) is 6.92 Å². The van der Waals surface area contributed by atoms with Crippen LogP contribution in [0.15, 0.2) is 53.4 Å². The van der Waals surface area contributed by atoms with Gasteiger partial charge in [-0.1, -0.05) is 54.1 Å². The van der Waals surface area contributed by atoms with Crippen LogP contribution in [0.4, 0.5) is 4.79 Å². The smallest absolute Gasteiger partial charge is 0.294 e. The van der Waals surface area contributed by atoms with E-state index < -0.39 is 11.1 Å². The van der Waals surface area contributed by atoms with Gasteiger partial charge in [0.25, 0.3) is 11.1 Å². The van der Waals surface area contributed by atoms with E-state index in [9.17, 15) is 14.4 Å². The van der Waals surface area contributed by atoms with Gasteiger partial charge in [-0.3, -0.25) is 19.3 Å². The number of hydrogen-bond acceptors (Lipinski definition) is 4. The number of nitrogens with zero attached hydrogens (tertiary/aromatic N) is 2. The minimum atomic E-state index is -0.401. The number of imide groups is 1. The molecule has 0 bridgehead atoms. The summed E-state index contributed by atoms with van der Waals surface area (Å²) < 4.78 is 0. The second-order valence-electron chi connectivity index (χ2n) is 7.02. The fourth-order valence-corrected chi connectivity index (χ4v) is 4.33. The molecular weight excluding hydrogens is 372 g/mol. The van der Waals surface area contributed by atoms with Crippen molar-refractivity contribution in [1.82, 2.24) is 9.80 Å². The van der Waals surface area contributed by atoms with E-state index in [1.165, 1.54) is 5.56 Å². The number of benzene rings is 2. The molecule has 2 aromatic carbocycles. The van der Waals surface area contributed by atoms with Crippen molar-refractivity contribution in [2.24, 2.45) is 0 Å². The maximum atomic E-state index is 12.7. The Morgan fingerprint density at radius 2 is 1.89 bits per heavy atom. The van der Waals surface area contributed by atoms with Crippen LogP contribution in [0.1, 0.15) is 22.3 Å². The van der Waals surface area contributed by atoms with Gasteiger partial charge in [-0.25, -0.2) is 0 Å². The zero-order valence-corrected chi connectivity index (χ0v) is 16.4.